The molecule has 3 nitrogen and oxygen atoms in total. The van der Waals surface area contributed by atoms with Crippen molar-refractivity contribution < 1.29 is 4.74 Å². The van der Waals surface area contributed by atoms with Crippen molar-refractivity contribution in [1.82, 2.24) is 10.3 Å². The molecule has 3 heteroatoms. The molecule has 1 N–H and O–H groups in total. The van der Waals surface area contributed by atoms with E-state index in [1.54, 1.807) is 0 Å². The fourth-order valence-corrected chi connectivity index (χ4v) is 3.16. The van der Waals surface area contributed by atoms with Crippen LogP contribution in [0.4, 0.5) is 0 Å². The van der Waals surface area contributed by atoms with Gasteiger partial charge in [-0.3, -0.25) is 4.98 Å². The van der Waals surface area contributed by atoms with E-state index in [0.29, 0.717) is 18.2 Å². The Labute approximate surface area is 103 Å². The zero-order valence-electron chi connectivity index (χ0n) is 10.4. The molecule has 0 saturated heterocycles. The number of aromatic nitrogens is 1. The number of hydrogen-bond acceptors (Lipinski definition) is 3. The lowest BCUT2D eigenvalue weighted by Crippen LogP contribution is -2.30. The largest absolute Gasteiger partial charge is 0.381 e. The van der Waals surface area contributed by atoms with Gasteiger partial charge in [0.2, 0.25) is 0 Å². The van der Waals surface area contributed by atoms with Gasteiger partial charge in [0.25, 0.3) is 0 Å². The smallest absolute Gasteiger partial charge is 0.0605 e. The zero-order chi connectivity index (χ0) is 11.7. The van der Waals surface area contributed by atoms with Gasteiger partial charge in [0.15, 0.2) is 0 Å². The summed E-state index contributed by atoms with van der Waals surface area (Å²) in [7, 11) is 1.82. The molecule has 1 aromatic heterocycles. The molecule has 0 aromatic carbocycles. The van der Waals surface area contributed by atoms with Crippen LogP contribution in [-0.4, -0.2) is 24.2 Å². The zero-order valence-corrected chi connectivity index (χ0v) is 10.4. The predicted molar refractivity (Wildman–Crippen MR) is 66.9 cm³/mol. The van der Waals surface area contributed by atoms with E-state index in [0.717, 1.165) is 6.42 Å². The average molecular weight is 232 g/mol. The predicted octanol–water partition coefficient (Wildman–Crippen LogP) is 2.23. The number of nitrogens with one attached hydrogen (secondary N) is 1. The summed E-state index contributed by atoms with van der Waals surface area (Å²) < 4.78 is 5.42. The van der Waals surface area contributed by atoms with Crippen LogP contribution in [0.5, 0.6) is 0 Å². The summed E-state index contributed by atoms with van der Waals surface area (Å²) in [6.07, 6.45) is 8.30. The van der Waals surface area contributed by atoms with Crippen molar-refractivity contribution in [3.63, 3.8) is 0 Å². The highest BCUT2D eigenvalue weighted by Crippen LogP contribution is 2.31. The normalized spacial score (nSPS) is 31.7. The van der Waals surface area contributed by atoms with E-state index in [-0.39, 0.29) is 0 Å². The molecule has 0 radical (unpaired) electrons. The van der Waals surface area contributed by atoms with E-state index >= 15 is 0 Å². The van der Waals surface area contributed by atoms with Gasteiger partial charge in [-0.25, -0.2) is 0 Å². The monoisotopic (exact) mass is 232 g/mol. The Morgan fingerprint density at radius 3 is 3.12 bits per heavy atom. The average Bonchev–Trinajstić information content (AvgIpc) is 2.97. The van der Waals surface area contributed by atoms with Crippen LogP contribution in [0.15, 0.2) is 18.3 Å². The third-order valence-corrected chi connectivity index (χ3v) is 4.11. The lowest BCUT2D eigenvalue weighted by atomic mass is 10.1. The molecule has 1 fully saturated rings. The SMILES string of the molecule is COC1CCC(NC2CCc3cccnc32)C1. The molecule has 2 aliphatic carbocycles. The number of rotatable bonds is 3. The molecule has 3 unspecified atom stereocenters. The van der Waals surface area contributed by atoms with Crippen molar-refractivity contribution in [2.24, 2.45) is 0 Å². The van der Waals surface area contributed by atoms with Gasteiger partial charge in [-0.15, -0.1) is 0 Å². The summed E-state index contributed by atoms with van der Waals surface area (Å²) in [5.41, 5.74) is 2.69. The van der Waals surface area contributed by atoms with Crippen molar-refractivity contribution in [3.05, 3.63) is 29.6 Å². The van der Waals surface area contributed by atoms with Crippen LogP contribution >= 0.6 is 0 Å². The first kappa shape index (κ1) is 11.2. The maximum absolute atomic E-state index is 5.42. The van der Waals surface area contributed by atoms with E-state index in [9.17, 15) is 0 Å². The van der Waals surface area contributed by atoms with Gasteiger partial charge in [0.05, 0.1) is 17.8 Å². The van der Waals surface area contributed by atoms with Crippen molar-refractivity contribution >= 4 is 0 Å². The van der Waals surface area contributed by atoms with Crippen molar-refractivity contribution in [2.45, 2.75) is 50.3 Å². The maximum atomic E-state index is 5.42. The molecule has 1 heterocycles. The minimum absolute atomic E-state index is 0.456. The Kier molecular flexibility index (Phi) is 3.12. The Bertz CT molecular complexity index is 394. The van der Waals surface area contributed by atoms with E-state index in [2.05, 4.69) is 16.4 Å². The molecule has 92 valence electrons. The van der Waals surface area contributed by atoms with Gasteiger partial charge in [-0.2, -0.15) is 0 Å². The summed E-state index contributed by atoms with van der Waals surface area (Å²) in [6.45, 7) is 0. The van der Waals surface area contributed by atoms with Gasteiger partial charge < -0.3 is 10.1 Å². The summed E-state index contributed by atoms with van der Waals surface area (Å²) in [5, 5.41) is 3.76. The van der Waals surface area contributed by atoms with Gasteiger partial charge >= 0.3 is 0 Å². The lowest BCUT2D eigenvalue weighted by molar-refractivity contribution is 0.106. The van der Waals surface area contributed by atoms with Gasteiger partial charge in [0, 0.05) is 19.3 Å². The van der Waals surface area contributed by atoms with Crippen LogP contribution in [0.3, 0.4) is 0 Å². The van der Waals surface area contributed by atoms with E-state index in [1.165, 1.54) is 36.9 Å². The fraction of sp³-hybridized carbons (Fsp3) is 0.643. The van der Waals surface area contributed by atoms with Crippen molar-refractivity contribution in [3.8, 4) is 0 Å². The molecule has 1 saturated carbocycles. The standard InChI is InChI=1S/C14H20N2O/c1-17-12-6-5-11(9-12)16-13-7-4-10-3-2-8-15-14(10)13/h2-3,8,11-13,16H,4-7,9H2,1H3. The van der Waals surface area contributed by atoms with Crippen LogP contribution < -0.4 is 5.32 Å². The molecule has 2 aliphatic rings. The lowest BCUT2D eigenvalue weighted by Gasteiger charge is -2.19. The minimum Gasteiger partial charge on any atom is -0.381 e. The second-order valence-corrected chi connectivity index (χ2v) is 5.17. The first-order valence-corrected chi connectivity index (χ1v) is 6.59. The Hall–Kier alpha value is -0.930. The number of methoxy groups -OCH3 is 1. The molecular weight excluding hydrogens is 212 g/mol. The fourth-order valence-electron chi connectivity index (χ4n) is 3.16. The molecule has 0 bridgehead atoms. The van der Waals surface area contributed by atoms with E-state index < -0.39 is 0 Å². The molecular formula is C14H20N2O. The van der Waals surface area contributed by atoms with Crippen LogP contribution in [-0.2, 0) is 11.2 Å². The number of aryl methyl sites for hydroxylation is 1. The third-order valence-electron chi connectivity index (χ3n) is 4.11. The molecule has 0 amide bonds. The number of hydrogen-bond donors (Lipinski definition) is 1. The minimum atomic E-state index is 0.456. The number of ether oxygens (including phenoxy) is 1. The quantitative estimate of drug-likeness (QED) is 0.867. The van der Waals surface area contributed by atoms with E-state index in [4.69, 9.17) is 4.74 Å². The maximum Gasteiger partial charge on any atom is 0.0605 e. The molecule has 3 atom stereocenters. The summed E-state index contributed by atoms with van der Waals surface area (Å²) >= 11 is 0. The van der Waals surface area contributed by atoms with Crippen molar-refractivity contribution in [2.75, 3.05) is 7.11 Å². The number of fused-ring (bicyclic) bond motifs is 1. The van der Waals surface area contributed by atoms with Crippen molar-refractivity contribution in [1.29, 1.82) is 0 Å². The summed E-state index contributed by atoms with van der Waals surface area (Å²) in [5.74, 6) is 0. The molecule has 17 heavy (non-hydrogen) atoms. The molecule has 0 aliphatic heterocycles. The van der Waals surface area contributed by atoms with E-state index in [1.807, 2.05) is 19.4 Å². The highest BCUT2D eigenvalue weighted by Gasteiger charge is 2.30. The van der Waals surface area contributed by atoms with Crippen LogP contribution in [0, 0.1) is 0 Å². The Morgan fingerprint density at radius 1 is 1.35 bits per heavy atom. The molecule has 1 aromatic rings. The first-order valence-electron chi connectivity index (χ1n) is 6.59. The Morgan fingerprint density at radius 2 is 2.29 bits per heavy atom. The topological polar surface area (TPSA) is 34.1 Å². The summed E-state index contributed by atoms with van der Waals surface area (Å²) in [6, 6.07) is 5.32. The van der Waals surface area contributed by atoms with Gasteiger partial charge in [-0.1, -0.05) is 6.07 Å². The highest BCUT2D eigenvalue weighted by atomic mass is 16.5. The van der Waals surface area contributed by atoms with Gasteiger partial charge in [-0.05, 0) is 43.7 Å². The Balaban J connectivity index is 1.64. The third kappa shape index (κ3) is 2.22. The summed E-state index contributed by atoms with van der Waals surface area (Å²) in [4.78, 5) is 4.53. The van der Waals surface area contributed by atoms with Crippen LogP contribution in [0.2, 0.25) is 0 Å². The van der Waals surface area contributed by atoms with Gasteiger partial charge in [0.1, 0.15) is 0 Å². The second-order valence-electron chi connectivity index (χ2n) is 5.17. The molecule has 0 spiro atoms. The number of nitrogens with zero attached hydrogens (tertiary/aromatic N) is 1. The molecule has 3 rings (SSSR count). The second kappa shape index (κ2) is 4.75. The number of pyridine rings is 1. The van der Waals surface area contributed by atoms with Crippen LogP contribution in [0.25, 0.3) is 0 Å². The first-order chi connectivity index (χ1) is 8.36. The highest BCUT2D eigenvalue weighted by molar-refractivity contribution is 5.28. The van der Waals surface area contributed by atoms with Crippen LogP contribution in [0.1, 0.15) is 43.0 Å².